The zero-order valence-corrected chi connectivity index (χ0v) is 13.8. The minimum absolute atomic E-state index is 0.0991. The number of benzene rings is 1. The summed E-state index contributed by atoms with van der Waals surface area (Å²) in [5, 5.41) is 10.7. The van der Waals surface area contributed by atoms with E-state index >= 15 is 0 Å². The molecule has 3 heteroatoms. The van der Waals surface area contributed by atoms with Gasteiger partial charge in [0.2, 0.25) is 0 Å². The predicted octanol–water partition coefficient (Wildman–Crippen LogP) is 3.50. The molecule has 1 N–H and O–H groups in total. The normalized spacial score (nSPS) is 43.2. The summed E-state index contributed by atoms with van der Waals surface area (Å²) in [5.41, 5.74) is 2.86. The average molecular weight is 302 g/mol. The number of aryl methyl sites for hydroxylation is 1. The van der Waals surface area contributed by atoms with Crippen LogP contribution in [0.1, 0.15) is 50.2 Å². The summed E-state index contributed by atoms with van der Waals surface area (Å²) in [4.78, 5) is 0. The van der Waals surface area contributed by atoms with Gasteiger partial charge in [-0.2, -0.15) is 0 Å². The van der Waals surface area contributed by atoms with Crippen LogP contribution in [0.25, 0.3) is 0 Å². The van der Waals surface area contributed by atoms with Crippen molar-refractivity contribution in [3.63, 3.8) is 0 Å². The van der Waals surface area contributed by atoms with Gasteiger partial charge in [-0.05, 0) is 73.6 Å². The first-order chi connectivity index (χ1) is 10.5. The van der Waals surface area contributed by atoms with Crippen molar-refractivity contribution in [2.75, 3.05) is 13.7 Å². The number of rotatable bonds is 1. The van der Waals surface area contributed by atoms with Gasteiger partial charge in [0.1, 0.15) is 5.75 Å². The Morgan fingerprint density at radius 1 is 1.27 bits per heavy atom. The maximum Gasteiger partial charge on any atom is 0.168 e. The zero-order valence-electron chi connectivity index (χ0n) is 13.8. The third-order valence-electron chi connectivity index (χ3n) is 6.93. The Morgan fingerprint density at radius 3 is 2.86 bits per heavy atom. The highest BCUT2D eigenvalue weighted by Crippen LogP contribution is 2.61. The summed E-state index contributed by atoms with van der Waals surface area (Å²) in [6, 6.07) is 6.57. The van der Waals surface area contributed by atoms with Crippen LogP contribution >= 0.6 is 0 Å². The van der Waals surface area contributed by atoms with Crippen LogP contribution < -0.4 is 4.74 Å². The molecule has 0 radical (unpaired) electrons. The highest BCUT2D eigenvalue weighted by atomic mass is 16.6. The quantitative estimate of drug-likeness (QED) is 0.863. The Balaban J connectivity index is 1.69. The molecule has 120 valence electrons. The lowest BCUT2D eigenvalue weighted by Crippen LogP contribution is -2.49. The summed E-state index contributed by atoms with van der Waals surface area (Å²) in [6.45, 7) is 4.79. The molecule has 1 aliphatic heterocycles. The monoisotopic (exact) mass is 302 g/mol. The minimum atomic E-state index is -0.969. The van der Waals surface area contributed by atoms with Gasteiger partial charge in [-0.1, -0.05) is 13.0 Å². The zero-order chi connectivity index (χ0) is 15.5. The van der Waals surface area contributed by atoms with Gasteiger partial charge in [0.25, 0.3) is 0 Å². The minimum Gasteiger partial charge on any atom is -0.497 e. The fourth-order valence-electron chi connectivity index (χ4n) is 5.31. The van der Waals surface area contributed by atoms with Gasteiger partial charge < -0.3 is 14.6 Å². The fourth-order valence-corrected chi connectivity index (χ4v) is 5.31. The molecule has 1 saturated carbocycles. The molecular weight excluding hydrogens is 276 g/mol. The summed E-state index contributed by atoms with van der Waals surface area (Å²) in [7, 11) is 1.73. The molecule has 1 saturated heterocycles. The number of ether oxygens (including phenoxy) is 2. The Hall–Kier alpha value is -1.06. The van der Waals surface area contributed by atoms with Gasteiger partial charge in [0, 0.05) is 5.41 Å². The molecule has 1 aromatic carbocycles. The van der Waals surface area contributed by atoms with Gasteiger partial charge in [-0.15, -0.1) is 0 Å². The second-order valence-corrected chi connectivity index (χ2v) is 7.73. The van der Waals surface area contributed by atoms with Crippen molar-refractivity contribution >= 4 is 0 Å². The highest BCUT2D eigenvalue weighted by molar-refractivity contribution is 5.40. The molecule has 2 aliphatic carbocycles. The molecular formula is C19H26O3. The van der Waals surface area contributed by atoms with Crippen molar-refractivity contribution < 1.29 is 14.6 Å². The van der Waals surface area contributed by atoms with Gasteiger partial charge in [0.15, 0.2) is 5.79 Å². The molecule has 5 atom stereocenters. The molecule has 2 fully saturated rings. The van der Waals surface area contributed by atoms with Crippen LogP contribution in [0.3, 0.4) is 0 Å². The summed E-state index contributed by atoms with van der Waals surface area (Å²) in [5.74, 6) is 1.71. The lowest BCUT2D eigenvalue weighted by atomic mass is 9.54. The standard InChI is InChI=1S/C19H26O3/c1-18-9-8-15-14-7-5-13(21-3)10-12(14)4-6-16(15)17(18)11-22-19(18,2)20/h5,7,10,15-17,20H,4,6,8-9,11H2,1-3H3/t15-,16-,17+,18+,19-/m1/s1. The van der Waals surface area contributed by atoms with Crippen LogP contribution in [0.4, 0.5) is 0 Å². The van der Waals surface area contributed by atoms with Crippen molar-refractivity contribution in [2.24, 2.45) is 17.3 Å². The first kappa shape index (κ1) is 14.5. The van der Waals surface area contributed by atoms with Gasteiger partial charge >= 0.3 is 0 Å². The van der Waals surface area contributed by atoms with E-state index in [1.165, 1.54) is 17.5 Å². The molecule has 1 heterocycles. The van der Waals surface area contributed by atoms with Crippen molar-refractivity contribution in [3.8, 4) is 5.75 Å². The van der Waals surface area contributed by atoms with E-state index in [0.717, 1.165) is 25.0 Å². The Kier molecular flexibility index (Phi) is 3.11. The predicted molar refractivity (Wildman–Crippen MR) is 85.0 cm³/mol. The van der Waals surface area contributed by atoms with Crippen molar-refractivity contribution in [3.05, 3.63) is 29.3 Å². The van der Waals surface area contributed by atoms with Crippen LogP contribution in [-0.4, -0.2) is 24.6 Å². The summed E-state index contributed by atoms with van der Waals surface area (Å²) < 4.78 is 11.2. The third-order valence-corrected chi connectivity index (χ3v) is 6.93. The maximum atomic E-state index is 10.7. The summed E-state index contributed by atoms with van der Waals surface area (Å²) in [6.07, 6.45) is 4.50. The lowest BCUT2D eigenvalue weighted by molar-refractivity contribution is -0.217. The SMILES string of the molecule is COc1ccc2c(c1)CC[C@@H]1[C@@H]2CC[C@@]2(C)[C@H]1CO[C@@]2(C)O. The van der Waals surface area contributed by atoms with Crippen molar-refractivity contribution in [2.45, 2.75) is 51.2 Å². The van der Waals surface area contributed by atoms with Crippen molar-refractivity contribution in [1.29, 1.82) is 0 Å². The van der Waals surface area contributed by atoms with Crippen LogP contribution in [-0.2, 0) is 11.2 Å². The molecule has 3 nitrogen and oxygen atoms in total. The summed E-state index contributed by atoms with van der Waals surface area (Å²) >= 11 is 0. The van der Waals surface area contributed by atoms with E-state index in [9.17, 15) is 5.11 Å². The van der Waals surface area contributed by atoms with Gasteiger partial charge in [-0.25, -0.2) is 0 Å². The highest BCUT2D eigenvalue weighted by Gasteiger charge is 2.60. The molecule has 3 aliphatic rings. The lowest BCUT2D eigenvalue weighted by Gasteiger charge is -2.50. The van der Waals surface area contributed by atoms with Crippen LogP contribution in [0.2, 0.25) is 0 Å². The number of methoxy groups -OCH3 is 1. The van der Waals surface area contributed by atoms with E-state index in [1.807, 2.05) is 6.92 Å². The van der Waals surface area contributed by atoms with Crippen LogP contribution in [0.15, 0.2) is 18.2 Å². The van der Waals surface area contributed by atoms with Gasteiger partial charge in [0.05, 0.1) is 13.7 Å². The number of hydrogen-bond acceptors (Lipinski definition) is 3. The van der Waals surface area contributed by atoms with Crippen LogP contribution in [0.5, 0.6) is 5.75 Å². The Labute approximate surface area is 132 Å². The topological polar surface area (TPSA) is 38.7 Å². The van der Waals surface area contributed by atoms with Gasteiger partial charge in [-0.3, -0.25) is 0 Å². The second-order valence-electron chi connectivity index (χ2n) is 7.73. The average Bonchev–Trinajstić information content (AvgIpc) is 2.76. The Bertz CT molecular complexity index is 594. The molecule has 0 aromatic heterocycles. The molecule has 1 aromatic rings. The number of fused-ring (bicyclic) bond motifs is 5. The molecule has 22 heavy (non-hydrogen) atoms. The third kappa shape index (κ3) is 1.82. The van der Waals surface area contributed by atoms with E-state index in [2.05, 4.69) is 25.1 Å². The van der Waals surface area contributed by atoms with Crippen molar-refractivity contribution in [1.82, 2.24) is 0 Å². The first-order valence-electron chi connectivity index (χ1n) is 8.49. The number of aliphatic hydroxyl groups is 1. The largest absolute Gasteiger partial charge is 0.497 e. The smallest absolute Gasteiger partial charge is 0.168 e. The van der Waals surface area contributed by atoms with E-state index in [4.69, 9.17) is 9.47 Å². The maximum absolute atomic E-state index is 10.7. The Morgan fingerprint density at radius 2 is 2.09 bits per heavy atom. The molecule has 0 amide bonds. The number of hydrogen-bond donors (Lipinski definition) is 1. The first-order valence-corrected chi connectivity index (χ1v) is 8.49. The molecule has 0 spiro atoms. The molecule has 0 bridgehead atoms. The van der Waals surface area contributed by atoms with E-state index in [0.29, 0.717) is 24.4 Å². The second kappa shape index (κ2) is 4.72. The van der Waals surface area contributed by atoms with Crippen LogP contribution in [0, 0.1) is 17.3 Å². The molecule has 4 rings (SSSR count). The van der Waals surface area contributed by atoms with E-state index in [1.54, 1.807) is 7.11 Å². The van der Waals surface area contributed by atoms with E-state index in [-0.39, 0.29) is 5.41 Å². The molecule has 0 unspecified atom stereocenters. The van der Waals surface area contributed by atoms with E-state index < -0.39 is 5.79 Å². The fraction of sp³-hybridized carbons (Fsp3) is 0.684.